The Balaban J connectivity index is 3.00. The number of rotatable bonds is 0. The van der Waals surface area contributed by atoms with E-state index in [-0.39, 0.29) is 16.4 Å². The number of hydrogen-bond donors (Lipinski definition) is 0. The third kappa shape index (κ3) is 0.743. The molecule has 0 aromatic heterocycles. The van der Waals surface area contributed by atoms with E-state index in [1.165, 1.54) is 0 Å². The van der Waals surface area contributed by atoms with Crippen molar-refractivity contribution in [3.05, 3.63) is 0 Å². The van der Waals surface area contributed by atoms with E-state index in [2.05, 4.69) is 20.7 Å². The molecule has 0 saturated heterocycles. The second kappa shape index (κ2) is 1.69. The predicted molar refractivity (Wildman–Crippen MR) is 22.9 cm³/mol. The van der Waals surface area contributed by atoms with Gasteiger partial charge in [-0.2, -0.15) is 0 Å². The Hall–Kier alpha value is -0.910. The van der Waals surface area contributed by atoms with Crippen molar-refractivity contribution in [2.75, 3.05) is 0 Å². The topological polar surface area (TPSA) is 66.5 Å². The van der Waals surface area contributed by atoms with Gasteiger partial charge in [-0.1, -0.05) is 10.2 Å². The fraction of sp³-hybridized carbons (Fsp3) is 0. The molecule has 7 heavy (non-hydrogen) atoms. The standard InChI is InChI=1S/CN4OS/c6-7-1-2-4-5-3-1. The molecule has 0 saturated carbocycles. The smallest absolute Gasteiger partial charge is 0.208 e. The summed E-state index contributed by atoms with van der Waals surface area (Å²) in [6.07, 6.45) is 0. The summed E-state index contributed by atoms with van der Waals surface area (Å²) in [5.41, 5.74) is 0. The van der Waals surface area contributed by atoms with E-state index in [4.69, 9.17) is 0 Å². The molecule has 1 heterocycles. The fourth-order valence-electron chi connectivity index (χ4n) is 0.170. The van der Waals surface area contributed by atoms with E-state index in [0.717, 1.165) is 0 Å². The van der Waals surface area contributed by atoms with Crippen molar-refractivity contribution >= 4 is 16.4 Å². The molecular weight excluding hydrogens is 116 g/mol. The minimum Gasteiger partial charge on any atom is -0.208 e. The molecule has 1 aliphatic rings. The van der Waals surface area contributed by atoms with Crippen LogP contribution in [-0.4, -0.2) is 9.32 Å². The lowest BCUT2D eigenvalue weighted by atomic mass is 11.2. The fourth-order valence-corrected chi connectivity index (χ4v) is 0.310. The number of hydrogen-bond acceptors (Lipinski definition) is 3. The molecule has 0 radical (unpaired) electrons. The lowest BCUT2D eigenvalue weighted by Crippen LogP contribution is -1.76. The van der Waals surface area contributed by atoms with Gasteiger partial charge in [-0.25, -0.2) is 4.21 Å². The Morgan fingerprint density at radius 2 is 1.86 bits per heavy atom. The van der Waals surface area contributed by atoms with E-state index in [0.29, 0.717) is 0 Å². The molecule has 36 valence electrons. The van der Waals surface area contributed by atoms with E-state index in [9.17, 15) is 4.21 Å². The van der Waals surface area contributed by atoms with E-state index >= 15 is 0 Å². The Morgan fingerprint density at radius 1 is 1.29 bits per heavy atom. The zero-order valence-electron chi connectivity index (χ0n) is 3.11. The van der Waals surface area contributed by atoms with Crippen LogP contribution in [-0.2, 0) is 11.3 Å². The van der Waals surface area contributed by atoms with Crippen LogP contribution < -0.4 is 0 Å². The van der Waals surface area contributed by atoms with Crippen LogP contribution in [0.25, 0.3) is 0 Å². The SMILES string of the molecule is O=S=C1N=NN=N1. The zero-order chi connectivity index (χ0) is 5.11. The van der Waals surface area contributed by atoms with E-state index < -0.39 is 0 Å². The van der Waals surface area contributed by atoms with Crippen LogP contribution >= 0.6 is 0 Å². The highest BCUT2D eigenvalue weighted by atomic mass is 32.1. The second-order valence-corrected chi connectivity index (χ2v) is 1.28. The van der Waals surface area contributed by atoms with Crippen LogP contribution in [0.1, 0.15) is 0 Å². The van der Waals surface area contributed by atoms with Gasteiger partial charge in [0.1, 0.15) is 11.3 Å². The van der Waals surface area contributed by atoms with Gasteiger partial charge in [0.2, 0.25) is 0 Å². The van der Waals surface area contributed by atoms with Crippen LogP contribution in [0.3, 0.4) is 0 Å². The molecule has 0 bridgehead atoms. The summed E-state index contributed by atoms with van der Waals surface area (Å²) in [5.74, 6) is 0. The molecule has 0 atom stereocenters. The Labute approximate surface area is 42.2 Å². The second-order valence-electron chi connectivity index (χ2n) is 0.745. The molecule has 0 spiro atoms. The van der Waals surface area contributed by atoms with Crippen molar-refractivity contribution in [2.45, 2.75) is 0 Å². The molecule has 0 aliphatic carbocycles. The molecule has 0 amide bonds. The van der Waals surface area contributed by atoms with Crippen molar-refractivity contribution in [3.8, 4) is 0 Å². The highest BCUT2D eigenvalue weighted by molar-refractivity contribution is 7.66. The Morgan fingerprint density at radius 3 is 2.14 bits per heavy atom. The van der Waals surface area contributed by atoms with Crippen molar-refractivity contribution in [1.82, 2.24) is 0 Å². The van der Waals surface area contributed by atoms with Crippen LogP contribution in [0.15, 0.2) is 20.7 Å². The summed E-state index contributed by atoms with van der Waals surface area (Å²) in [6.45, 7) is 0. The monoisotopic (exact) mass is 116 g/mol. The Bertz CT molecular complexity index is 162. The van der Waals surface area contributed by atoms with Gasteiger partial charge in [-0.05, 0) is 10.4 Å². The van der Waals surface area contributed by atoms with Crippen molar-refractivity contribution < 1.29 is 4.21 Å². The third-order valence-electron chi connectivity index (χ3n) is 0.375. The minimum absolute atomic E-state index is 0.0694. The maximum Gasteiger partial charge on any atom is 0.291 e. The molecule has 0 fully saturated rings. The highest BCUT2D eigenvalue weighted by Gasteiger charge is 1.94. The minimum atomic E-state index is 0.0694. The molecular formula is CN4OS. The van der Waals surface area contributed by atoms with Crippen molar-refractivity contribution in [1.29, 1.82) is 0 Å². The van der Waals surface area contributed by atoms with E-state index in [1.807, 2.05) is 0 Å². The Kier molecular flexibility index (Phi) is 1.03. The number of nitrogens with zero attached hydrogens (tertiary/aromatic N) is 4. The van der Waals surface area contributed by atoms with Gasteiger partial charge in [0.25, 0.3) is 5.11 Å². The first-order valence-electron chi connectivity index (χ1n) is 1.42. The maximum atomic E-state index is 9.70. The first-order chi connectivity index (χ1) is 3.43. The lowest BCUT2D eigenvalue weighted by Gasteiger charge is -1.60. The van der Waals surface area contributed by atoms with Crippen molar-refractivity contribution in [3.63, 3.8) is 0 Å². The molecule has 0 unspecified atom stereocenters. The molecule has 5 nitrogen and oxygen atoms in total. The van der Waals surface area contributed by atoms with Crippen LogP contribution in [0.2, 0.25) is 0 Å². The quantitative estimate of drug-likeness (QED) is 0.414. The van der Waals surface area contributed by atoms with Gasteiger partial charge in [0.15, 0.2) is 0 Å². The van der Waals surface area contributed by atoms with Gasteiger partial charge in [-0.3, -0.25) is 0 Å². The third-order valence-corrected chi connectivity index (χ3v) is 0.687. The maximum absolute atomic E-state index is 9.70. The van der Waals surface area contributed by atoms with Crippen LogP contribution in [0, 0.1) is 0 Å². The summed E-state index contributed by atoms with van der Waals surface area (Å²) >= 11 is 0.178. The van der Waals surface area contributed by atoms with Gasteiger partial charge in [0, 0.05) is 0 Å². The summed E-state index contributed by atoms with van der Waals surface area (Å²) in [5, 5.41) is 12.6. The normalized spacial score (nSPS) is 15.7. The van der Waals surface area contributed by atoms with Crippen molar-refractivity contribution in [2.24, 2.45) is 20.7 Å². The molecule has 0 N–H and O–H groups in total. The lowest BCUT2D eigenvalue weighted by molar-refractivity contribution is 0.700. The first-order valence-corrected chi connectivity index (χ1v) is 2.16. The largest absolute Gasteiger partial charge is 0.291 e. The average molecular weight is 116 g/mol. The van der Waals surface area contributed by atoms with Crippen LogP contribution in [0.5, 0.6) is 0 Å². The first kappa shape index (κ1) is 4.25. The summed E-state index contributed by atoms with van der Waals surface area (Å²) < 4.78 is 9.70. The average Bonchev–Trinajstić information content (AvgIpc) is 2.14. The van der Waals surface area contributed by atoms with E-state index in [1.54, 1.807) is 0 Å². The highest BCUT2D eigenvalue weighted by Crippen LogP contribution is 1.92. The molecule has 0 aromatic rings. The molecule has 1 rings (SSSR count). The predicted octanol–water partition coefficient (Wildman–Crippen LogP) is 0.120. The van der Waals surface area contributed by atoms with Gasteiger partial charge in [0.05, 0.1) is 0 Å². The van der Waals surface area contributed by atoms with Gasteiger partial charge < -0.3 is 0 Å². The molecule has 1 aliphatic heterocycles. The van der Waals surface area contributed by atoms with Crippen LogP contribution in [0.4, 0.5) is 0 Å². The van der Waals surface area contributed by atoms with Gasteiger partial charge in [-0.15, -0.1) is 0 Å². The molecule has 6 heteroatoms. The summed E-state index contributed by atoms with van der Waals surface area (Å²) in [7, 11) is 0. The zero-order valence-corrected chi connectivity index (χ0v) is 3.92. The molecule has 0 aromatic carbocycles. The van der Waals surface area contributed by atoms with Gasteiger partial charge >= 0.3 is 0 Å². The summed E-state index contributed by atoms with van der Waals surface area (Å²) in [4.78, 5) is 0. The summed E-state index contributed by atoms with van der Waals surface area (Å²) in [6, 6.07) is 0.